The molecule has 0 aliphatic heterocycles. The Hall–Kier alpha value is -3.52. The van der Waals surface area contributed by atoms with Gasteiger partial charge in [0.2, 0.25) is 0 Å². The Morgan fingerprint density at radius 1 is 1.10 bits per heavy atom. The summed E-state index contributed by atoms with van der Waals surface area (Å²) in [6.07, 6.45) is 0. The Morgan fingerprint density at radius 2 is 1.87 bits per heavy atom. The number of nitro groups is 1. The minimum absolute atomic E-state index is 0.00517. The highest BCUT2D eigenvalue weighted by Crippen LogP contribution is 2.36. The van der Waals surface area contributed by atoms with Crippen LogP contribution in [0, 0.1) is 22.9 Å². The lowest BCUT2D eigenvalue weighted by Crippen LogP contribution is -2.22. The van der Waals surface area contributed by atoms with Crippen LogP contribution in [0.15, 0.2) is 76.7 Å². The van der Waals surface area contributed by atoms with Crippen molar-refractivity contribution in [1.29, 1.82) is 0 Å². The highest BCUT2D eigenvalue weighted by Gasteiger charge is 2.19. The van der Waals surface area contributed by atoms with Crippen molar-refractivity contribution in [2.45, 2.75) is 24.3 Å². The average Bonchev–Trinajstić information content (AvgIpc) is 2.76. The third-order valence-electron chi connectivity index (χ3n) is 4.99. The number of hydrogen-bond acceptors (Lipinski definition) is 5. The molecule has 0 fully saturated rings. The number of aromatic nitrogens is 2. The SMILES string of the molecule is Cc1ccc(-n2c(SC(C)c3cccc([N+](=O)[O-])c3)nc3ccccc3c2=O)cc1F. The lowest BCUT2D eigenvalue weighted by Gasteiger charge is -2.17. The predicted molar refractivity (Wildman–Crippen MR) is 119 cm³/mol. The summed E-state index contributed by atoms with van der Waals surface area (Å²) in [6, 6.07) is 17.9. The summed E-state index contributed by atoms with van der Waals surface area (Å²) in [6.45, 7) is 3.53. The fourth-order valence-electron chi connectivity index (χ4n) is 3.26. The number of aryl methyl sites for hydroxylation is 1. The minimum Gasteiger partial charge on any atom is -0.268 e. The second-order valence-electron chi connectivity index (χ2n) is 7.10. The number of rotatable bonds is 5. The van der Waals surface area contributed by atoms with E-state index in [0.29, 0.717) is 27.3 Å². The monoisotopic (exact) mass is 435 g/mol. The Balaban J connectivity index is 1.86. The topological polar surface area (TPSA) is 78.0 Å². The number of fused-ring (bicyclic) bond motifs is 1. The number of halogens is 1. The summed E-state index contributed by atoms with van der Waals surface area (Å²) in [5.74, 6) is -0.416. The van der Waals surface area contributed by atoms with Gasteiger partial charge in [-0.1, -0.05) is 42.1 Å². The fourth-order valence-corrected chi connectivity index (χ4v) is 4.30. The highest BCUT2D eigenvalue weighted by atomic mass is 32.2. The lowest BCUT2D eigenvalue weighted by atomic mass is 10.1. The first-order valence-corrected chi connectivity index (χ1v) is 10.4. The van der Waals surface area contributed by atoms with Gasteiger partial charge < -0.3 is 0 Å². The van der Waals surface area contributed by atoms with Crippen LogP contribution in [0.3, 0.4) is 0 Å². The summed E-state index contributed by atoms with van der Waals surface area (Å²) < 4.78 is 15.7. The molecule has 1 heterocycles. The van der Waals surface area contributed by atoms with Crippen LogP contribution in [-0.4, -0.2) is 14.5 Å². The molecule has 0 N–H and O–H groups in total. The van der Waals surface area contributed by atoms with Gasteiger partial charge in [-0.3, -0.25) is 19.5 Å². The van der Waals surface area contributed by atoms with Crippen LogP contribution in [0.2, 0.25) is 0 Å². The Bertz CT molecular complexity index is 1370. The van der Waals surface area contributed by atoms with Crippen molar-refractivity contribution in [3.05, 3.63) is 104 Å². The van der Waals surface area contributed by atoms with Crippen LogP contribution < -0.4 is 5.56 Å². The standard InChI is InChI=1S/C23H18FN3O3S/c1-14-10-11-17(13-20(14)24)26-22(28)19-8-3-4-9-21(19)25-23(26)31-15(2)16-6-5-7-18(12-16)27(29)30/h3-13,15H,1-2H3. The number of thioether (sulfide) groups is 1. The van der Waals surface area contributed by atoms with Crippen molar-refractivity contribution < 1.29 is 9.31 Å². The molecule has 3 aromatic carbocycles. The van der Waals surface area contributed by atoms with Crippen LogP contribution in [0.25, 0.3) is 16.6 Å². The smallest absolute Gasteiger partial charge is 0.268 e. The Kier molecular flexibility index (Phi) is 5.56. The molecule has 0 radical (unpaired) electrons. The molecular formula is C23H18FN3O3S. The van der Waals surface area contributed by atoms with Crippen molar-refractivity contribution in [2.75, 3.05) is 0 Å². The first-order valence-electron chi connectivity index (χ1n) is 9.54. The predicted octanol–water partition coefficient (Wildman–Crippen LogP) is 5.59. The van der Waals surface area contributed by atoms with Crippen LogP contribution in [-0.2, 0) is 0 Å². The number of nitro benzene ring substituents is 1. The minimum atomic E-state index is -0.444. The molecule has 1 unspecified atom stereocenters. The van der Waals surface area contributed by atoms with Gasteiger partial charge in [0, 0.05) is 17.4 Å². The number of non-ortho nitro benzene ring substituents is 1. The third kappa shape index (κ3) is 4.06. The van der Waals surface area contributed by atoms with Gasteiger partial charge >= 0.3 is 0 Å². The van der Waals surface area contributed by atoms with Crippen molar-refractivity contribution in [1.82, 2.24) is 9.55 Å². The first-order chi connectivity index (χ1) is 14.8. The zero-order valence-electron chi connectivity index (χ0n) is 16.8. The van der Waals surface area contributed by atoms with Crippen LogP contribution in [0.5, 0.6) is 0 Å². The summed E-state index contributed by atoms with van der Waals surface area (Å²) in [4.78, 5) is 28.6. The van der Waals surface area contributed by atoms with E-state index in [1.165, 1.54) is 34.5 Å². The van der Waals surface area contributed by atoms with Gasteiger partial charge in [-0.15, -0.1) is 0 Å². The Morgan fingerprint density at radius 3 is 2.61 bits per heavy atom. The van der Waals surface area contributed by atoms with Crippen LogP contribution in [0.1, 0.15) is 23.3 Å². The van der Waals surface area contributed by atoms with Gasteiger partial charge in [-0.2, -0.15) is 0 Å². The molecule has 0 aliphatic rings. The van der Waals surface area contributed by atoms with E-state index < -0.39 is 10.7 Å². The van der Waals surface area contributed by atoms with E-state index in [4.69, 9.17) is 0 Å². The number of benzene rings is 3. The largest absolute Gasteiger partial charge is 0.269 e. The molecule has 4 aromatic rings. The molecule has 156 valence electrons. The van der Waals surface area contributed by atoms with Gasteiger partial charge in [0.15, 0.2) is 5.16 Å². The second kappa shape index (κ2) is 8.31. The van der Waals surface area contributed by atoms with Crippen molar-refractivity contribution in [2.24, 2.45) is 0 Å². The average molecular weight is 435 g/mol. The van der Waals surface area contributed by atoms with E-state index in [-0.39, 0.29) is 16.5 Å². The van der Waals surface area contributed by atoms with E-state index in [0.717, 1.165) is 5.56 Å². The first kappa shape index (κ1) is 20.7. The number of hydrogen-bond donors (Lipinski definition) is 0. The van der Waals surface area contributed by atoms with Crippen molar-refractivity contribution in [3.8, 4) is 5.69 Å². The third-order valence-corrected chi connectivity index (χ3v) is 6.10. The molecule has 1 aromatic heterocycles. The zero-order chi connectivity index (χ0) is 22.1. The van der Waals surface area contributed by atoms with E-state index in [2.05, 4.69) is 4.98 Å². The zero-order valence-corrected chi connectivity index (χ0v) is 17.6. The second-order valence-corrected chi connectivity index (χ2v) is 8.41. The van der Waals surface area contributed by atoms with Crippen LogP contribution in [0.4, 0.5) is 10.1 Å². The summed E-state index contributed by atoms with van der Waals surface area (Å²) >= 11 is 1.28. The molecule has 6 nitrogen and oxygen atoms in total. The molecule has 0 aliphatic carbocycles. The summed E-state index contributed by atoms with van der Waals surface area (Å²) in [5, 5.41) is 11.7. The number of nitrogens with zero attached hydrogens (tertiary/aromatic N) is 3. The molecule has 0 spiro atoms. The van der Waals surface area contributed by atoms with Gasteiger partial charge in [0.1, 0.15) is 5.82 Å². The van der Waals surface area contributed by atoms with E-state index >= 15 is 0 Å². The normalized spacial score (nSPS) is 12.1. The molecule has 0 amide bonds. The highest BCUT2D eigenvalue weighted by molar-refractivity contribution is 7.99. The number of para-hydroxylation sites is 1. The Labute approximate surface area is 181 Å². The molecule has 4 rings (SSSR count). The maximum absolute atomic E-state index is 14.3. The van der Waals surface area contributed by atoms with Crippen molar-refractivity contribution >= 4 is 28.4 Å². The lowest BCUT2D eigenvalue weighted by molar-refractivity contribution is -0.384. The molecular weight excluding hydrogens is 417 g/mol. The maximum atomic E-state index is 14.3. The van der Waals surface area contributed by atoms with E-state index in [9.17, 15) is 19.3 Å². The van der Waals surface area contributed by atoms with Crippen molar-refractivity contribution in [3.63, 3.8) is 0 Å². The summed E-state index contributed by atoms with van der Waals surface area (Å²) in [5.41, 5.74) is 1.80. The molecule has 31 heavy (non-hydrogen) atoms. The van der Waals surface area contributed by atoms with Gasteiger partial charge in [-0.25, -0.2) is 9.37 Å². The molecule has 8 heteroatoms. The molecule has 1 atom stereocenters. The maximum Gasteiger partial charge on any atom is 0.269 e. The van der Waals surface area contributed by atoms with E-state index in [1.807, 2.05) is 6.92 Å². The van der Waals surface area contributed by atoms with Gasteiger partial charge in [-0.05, 0) is 49.2 Å². The van der Waals surface area contributed by atoms with E-state index in [1.54, 1.807) is 55.5 Å². The van der Waals surface area contributed by atoms with Crippen LogP contribution >= 0.6 is 11.8 Å². The van der Waals surface area contributed by atoms with Gasteiger partial charge in [0.05, 0.1) is 21.5 Å². The summed E-state index contributed by atoms with van der Waals surface area (Å²) in [7, 11) is 0. The molecule has 0 saturated heterocycles. The molecule has 0 saturated carbocycles. The van der Waals surface area contributed by atoms with Gasteiger partial charge in [0.25, 0.3) is 11.2 Å². The fraction of sp³-hybridized carbons (Fsp3) is 0.130. The molecule has 0 bridgehead atoms. The quantitative estimate of drug-likeness (QED) is 0.177.